The van der Waals surface area contributed by atoms with Crippen LogP contribution in [0.4, 0.5) is 0 Å². The monoisotopic (exact) mass is 318 g/mol. The molecule has 5 nitrogen and oxygen atoms in total. The number of nitrogens with zero attached hydrogens (tertiary/aromatic N) is 3. The zero-order chi connectivity index (χ0) is 15.2. The molecule has 1 aromatic heterocycles. The molecule has 2 heterocycles. The fraction of sp³-hybridized carbons (Fsp3) is 0.500. The van der Waals surface area contributed by atoms with Gasteiger partial charge in [-0.3, -0.25) is 0 Å². The van der Waals surface area contributed by atoms with Gasteiger partial charge in [0.25, 0.3) is 0 Å². The highest BCUT2D eigenvalue weighted by Gasteiger charge is 2.17. The van der Waals surface area contributed by atoms with Gasteiger partial charge in [-0.15, -0.1) is 10.2 Å². The van der Waals surface area contributed by atoms with Gasteiger partial charge in [0.15, 0.2) is 5.16 Å². The molecule has 0 bridgehead atoms. The highest BCUT2D eigenvalue weighted by Crippen LogP contribution is 2.25. The average molecular weight is 318 g/mol. The fourth-order valence-corrected chi connectivity index (χ4v) is 3.70. The molecule has 6 heteroatoms. The standard InChI is InChI=1S/C16H22N4OS/c17-9-15-18-19-16(22-12-14-7-4-8-21-11-14)20(15)10-13-5-2-1-3-6-13/h1-3,5-6,14H,4,7-12,17H2/t14-/m0/s1. The van der Waals surface area contributed by atoms with Crippen LogP contribution in [-0.2, 0) is 17.8 Å². The third-order valence-corrected chi connectivity index (χ3v) is 5.06. The topological polar surface area (TPSA) is 66.0 Å². The molecule has 1 saturated heterocycles. The molecule has 0 amide bonds. The van der Waals surface area contributed by atoms with Gasteiger partial charge < -0.3 is 15.0 Å². The predicted molar refractivity (Wildman–Crippen MR) is 87.7 cm³/mol. The first kappa shape index (κ1) is 15.5. The molecule has 0 saturated carbocycles. The highest BCUT2D eigenvalue weighted by atomic mass is 32.2. The SMILES string of the molecule is NCc1nnc(SC[C@H]2CCCOC2)n1Cc1ccccc1. The minimum Gasteiger partial charge on any atom is -0.381 e. The lowest BCUT2D eigenvalue weighted by molar-refractivity contribution is 0.0632. The first-order valence-corrected chi connectivity index (χ1v) is 8.72. The maximum absolute atomic E-state index is 5.80. The van der Waals surface area contributed by atoms with Crippen LogP contribution >= 0.6 is 11.8 Å². The molecule has 3 rings (SSSR count). The molecule has 1 aromatic carbocycles. The molecule has 118 valence electrons. The summed E-state index contributed by atoms with van der Waals surface area (Å²) in [5.74, 6) is 2.48. The summed E-state index contributed by atoms with van der Waals surface area (Å²) in [4.78, 5) is 0. The summed E-state index contributed by atoms with van der Waals surface area (Å²) in [6.07, 6.45) is 2.40. The molecule has 0 radical (unpaired) electrons. The first-order valence-electron chi connectivity index (χ1n) is 7.73. The van der Waals surface area contributed by atoms with Crippen molar-refractivity contribution in [2.24, 2.45) is 11.7 Å². The second-order valence-corrected chi connectivity index (χ2v) is 6.56. The Labute approximate surface area is 135 Å². The smallest absolute Gasteiger partial charge is 0.191 e. The number of ether oxygens (including phenoxy) is 1. The quantitative estimate of drug-likeness (QED) is 0.828. The van der Waals surface area contributed by atoms with Gasteiger partial charge in [-0.2, -0.15) is 0 Å². The molecular formula is C16H22N4OS. The number of thioether (sulfide) groups is 1. The van der Waals surface area contributed by atoms with Crippen molar-refractivity contribution >= 4 is 11.8 Å². The molecule has 1 atom stereocenters. The number of hydrogen-bond donors (Lipinski definition) is 1. The van der Waals surface area contributed by atoms with E-state index < -0.39 is 0 Å². The van der Waals surface area contributed by atoms with E-state index in [2.05, 4.69) is 26.9 Å². The van der Waals surface area contributed by atoms with E-state index in [-0.39, 0.29) is 0 Å². The normalized spacial score (nSPS) is 18.5. The second-order valence-electron chi connectivity index (χ2n) is 5.57. The molecule has 2 aromatic rings. The molecular weight excluding hydrogens is 296 g/mol. The lowest BCUT2D eigenvalue weighted by Gasteiger charge is -2.21. The van der Waals surface area contributed by atoms with Crippen LogP contribution in [-0.4, -0.2) is 33.7 Å². The van der Waals surface area contributed by atoms with Crippen LogP contribution in [0.1, 0.15) is 24.2 Å². The summed E-state index contributed by atoms with van der Waals surface area (Å²) in [6, 6.07) is 10.4. The van der Waals surface area contributed by atoms with E-state index in [9.17, 15) is 0 Å². The van der Waals surface area contributed by atoms with Gasteiger partial charge >= 0.3 is 0 Å². The third-order valence-electron chi connectivity index (χ3n) is 3.86. The molecule has 22 heavy (non-hydrogen) atoms. The number of rotatable bonds is 6. The number of nitrogens with two attached hydrogens (primary N) is 1. The van der Waals surface area contributed by atoms with Crippen molar-refractivity contribution in [1.29, 1.82) is 0 Å². The maximum Gasteiger partial charge on any atom is 0.191 e. The van der Waals surface area contributed by atoms with Gasteiger partial charge in [-0.25, -0.2) is 0 Å². The van der Waals surface area contributed by atoms with E-state index in [0.29, 0.717) is 12.5 Å². The van der Waals surface area contributed by atoms with Crippen molar-refractivity contribution in [2.75, 3.05) is 19.0 Å². The first-order chi connectivity index (χ1) is 10.9. The summed E-state index contributed by atoms with van der Waals surface area (Å²) >= 11 is 1.76. The van der Waals surface area contributed by atoms with Crippen LogP contribution in [0.15, 0.2) is 35.5 Å². The Morgan fingerprint density at radius 1 is 1.27 bits per heavy atom. The number of benzene rings is 1. The van der Waals surface area contributed by atoms with Gasteiger partial charge in [-0.1, -0.05) is 42.1 Å². The van der Waals surface area contributed by atoms with E-state index in [1.54, 1.807) is 11.8 Å². The van der Waals surface area contributed by atoms with Crippen molar-refractivity contribution in [1.82, 2.24) is 14.8 Å². The van der Waals surface area contributed by atoms with Crippen molar-refractivity contribution in [2.45, 2.75) is 31.1 Å². The highest BCUT2D eigenvalue weighted by molar-refractivity contribution is 7.99. The van der Waals surface area contributed by atoms with Crippen LogP contribution in [0.5, 0.6) is 0 Å². The molecule has 1 aliphatic rings. The Bertz CT molecular complexity index is 581. The Morgan fingerprint density at radius 3 is 2.86 bits per heavy atom. The van der Waals surface area contributed by atoms with Crippen molar-refractivity contribution in [3.63, 3.8) is 0 Å². The van der Waals surface area contributed by atoms with Crippen LogP contribution < -0.4 is 5.73 Å². The Kier molecular flexibility index (Phi) is 5.48. The van der Waals surface area contributed by atoms with E-state index in [1.807, 2.05) is 18.2 Å². The molecule has 0 unspecified atom stereocenters. The summed E-state index contributed by atoms with van der Waals surface area (Å²) in [6.45, 7) is 2.95. The van der Waals surface area contributed by atoms with Gasteiger partial charge in [0, 0.05) is 12.4 Å². The van der Waals surface area contributed by atoms with Gasteiger partial charge in [0.1, 0.15) is 5.82 Å². The lowest BCUT2D eigenvalue weighted by Crippen LogP contribution is -2.19. The van der Waals surface area contributed by atoms with Crippen LogP contribution in [0.2, 0.25) is 0 Å². The Hall–Kier alpha value is -1.37. The molecule has 0 spiro atoms. The summed E-state index contributed by atoms with van der Waals surface area (Å²) in [7, 11) is 0. The Balaban J connectivity index is 1.69. The minimum atomic E-state index is 0.410. The molecule has 2 N–H and O–H groups in total. The van der Waals surface area contributed by atoms with E-state index >= 15 is 0 Å². The van der Waals surface area contributed by atoms with Crippen LogP contribution in [0.25, 0.3) is 0 Å². The van der Waals surface area contributed by atoms with Gasteiger partial charge in [0.05, 0.1) is 19.7 Å². The zero-order valence-electron chi connectivity index (χ0n) is 12.6. The Morgan fingerprint density at radius 2 is 2.14 bits per heavy atom. The fourth-order valence-electron chi connectivity index (χ4n) is 2.63. The van der Waals surface area contributed by atoms with Gasteiger partial charge in [-0.05, 0) is 24.3 Å². The number of aromatic nitrogens is 3. The average Bonchev–Trinajstić information content (AvgIpc) is 2.97. The summed E-state index contributed by atoms with van der Waals surface area (Å²) in [5, 5.41) is 9.51. The molecule has 1 aliphatic heterocycles. The van der Waals surface area contributed by atoms with Gasteiger partial charge in [0.2, 0.25) is 0 Å². The molecule has 1 fully saturated rings. The third kappa shape index (κ3) is 3.88. The maximum atomic E-state index is 5.80. The number of hydrogen-bond acceptors (Lipinski definition) is 5. The van der Waals surface area contributed by atoms with E-state index in [0.717, 1.165) is 42.9 Å². The zero-order valence-corrected chi connectivity index (χ0v) is 13.5. The summed E-state index contributed by atoms with van der Waals surface area (Å²) in [5.41, 5.74) is 7.04. The van der Waals surface area contributed by atoms with E-state index in [1.165, 1.54) is 12.0 Å². The van der Waals surface area contributed by atoms with Crippen LogP contribution in [0.3, 0.4) is 0 Å². The second kappa shape index (κ2) is 7.76. The van der Waals surface area contributed by atoms with Crippen molar-refractivity contribution < 1.29 is 4.74 Å². The minimum absolute atomic E-state index is 0.410. The molecule has 0 aliphatic carbocycles. The summed E-state index contributed by atoms with van der Waals surface area (Å²) < 4.78 is 7.68. The van der Waals surface area contributed by atoms with Crippen molar-refractivity contribution in [3.8, 4) is 0 Å². The largest absolute Gasteiger partial charge is 0.381 e. The van der Waals surface area contributed by atoms with E-state index in [4.69, 9.17) is 10.5 Å². The lowest BCUT2D eigenvalue weighted by atomic mass is 10.1. The predicted octanol–water partition coefficient (Wildman–Crippen LogP) is 2.30. The van der Waals surface area contributed by atoms with Crippen LogP contribution in [0, 0.1) is 5.92 Å². The van der Waals surface area contributed by atoms with Crippen molar-refractivity contribution in [3.05, 3.63) is 41.7 Å².